The van der Waals surface area contributed by atoms with Crippen LogP contribution in [0.2, 0.25) is 5.02 Å². The number of carbonyl (C=O) groups is 1. The van der Waals surface area contributed by atoms with Gasteiger partial charge in [0.1, 0.15) is 11.4 Å². The number of pyridine rings is 1. The Bertz CT molecular complexity index is 442. The summed E-state index contributed by atoms with van der Waals surface area (Å²) < 4.78 is 5.60. The number of anilines is 1. The van der Waals surface area contributed by atoms with Crippen LogP contribution in [0.1, 0.15) is 36.5 Å². The summed E-state index contributed by atoms with van der Waals surface area (Å²) in [7, 11) is 0. The van der Waals surface area contributed by atoms with Crippen LogP contribution in [0, 0.1) is 0 Å². The maximum absolute atomic E-state index is 12.4. The predicted molar refractivity (Wildman–Crippen MR) is 66.2 cm³/mol. The van der Waals surface area contributed by atoms with Gasteiger partial charge in [-0.15, -0.1) is 0 Å². The van der Waals surface area contributed by atoms with Crippen LogP contribution in [-0.4, -0.2) is 23.0 Å². The second-order valence-electron chi connectivity index (χ2n) is 4.45. The number of carbonyl (C=O) groups excluding carboxylic acids is 1. The molecule has 5 heteroatoms. The van der Waals surface area contributed by atoms with Crippen LogP contribution in [0.5, 0.6) is 0 Å². The van der Waals surface area contributed by atoms with Gasteiger partial charge in [-0.25, -0.2) is 4.98 Å². The van der Waals surface area contributed by atoms with E-state index in [2.05, 4.69) is 4.98 Å². The van der Waals surface area contributed by atoms with Crippen molar-refractivity contribution in [1.82, 2.24) is 4.98 Å². The van der Waals surface area contributed by atoms with E-state index in [1.807, 2.05) is 0 Å². The van der Waals surface area contributed by atoms with Crippen molar-refractivity contribution in [3.63, 3.8) is 0 Å². The summed E-state index contributed by atoms with van der Waals surface area (Å²) in [5, 5.41) is 0.405. The lowest BCUT2D eigenvalue weighted by molar-refractivity contribution is -0.0425. The number of hydrogen-bond donors (Lipinski definition) is 1. The van der Waals surface area contributed by atoms with E-state index in [0.29, 0.717) is 23.6 Å². The number of hydrogen-bond acceptors (Lipinski definition) is 4. The Morgan fingerprint density at radius 1 is 1.59 bits per heavy atom. The summed E-state index contributed by atoms with van der Waals surface area (Å²) in [6.07, 6.45) is 4.11. The summed E-state index contributed by atoms with van der Waals surface area (Å²) in [4.78, 5) is 16.3. The number of aromatic nitrogens is 1. The molecular weight excluding hydrogens is 240 g/mol. The number of halogens is 1. The van der Waals surface area contributed by atoms with Crippen LogP contribution in [0.3, 0.4) is 0 Å². The molecule has 0 saturated carbocycles. The molecule has 92 valence electrons. The highest BCUT2D eigenvalue weighted by molar-refractivity contribution is 6.31. The fourth-order valence-electron chi connectivity index (χ4n) is 2.03. The van der Waals surface area contributed by atoms with Crippen molar-refractivity contribution < 1.29 is 9.53 Å². The van der Waals surface area contributed by atoms with Crippen LogP contribution >= 0.6 is 11.6 Å². The van der Waals surface area contributed by atoms with Crippen molar-refractivity contribution in [2.24, 2.45) is 0 Å². The quantitative estimate of drug-likeness (QED) is 0.824. The smallest absolute Gasteiger partial charge is 0.198 e. The number of nitrogens with zero attached hydrogens (tertiary/aromatic N) is 1. The lowest BCUT2D eigenvalue weighted by Gasteiger charge is -2.32. The van der Waals surface area contributed by atoms with Gasteiger partial charge in [-0.3, -0.25) is 4.79 Å². The fraction of sp³-hybridized carbons (Fsp3) is 0.500. The van der Waals surface area contributed by atoms with E-state index >= 15 is 0 Å². The first-order valence-electron chi connectivity index (χ1n) is 5.63. The molecule has 1 aliphatic heterocycles. The van der Waals surface area contributed by atoms with Crippen LogP contribution < -0.4 is 5.73 Å². The molecule has 2 N–H and O–H groups in total. The summed E-state index contributed by atoms with van der Waals surface area (Å²) >= 11 is 5.83. The third-order valence-electron chi connectivity index (χ3n) is 3.08. The zero-order valence-corrected chi connectivity index (χ0v) is 10.5. The average molecular weight is 255 g/mol. The molecule has 0 radical (unpaired) electrons. The van der Waals surface area contributed by atoms with Gasteiger partial charge in [-0.2, -0.15) is 0 Å². The normalized spacial score (nSPS) is 24.6. The number of rotatable bonds is 2. The Labute approximate surface area is 105 Å². The molecule has 1 atom stereocenters. The molecule has 4 nitrogen and oxygen atoms in total. The highest BCUT2D eigenvalue weighted by Crippen LogP contribution is 2.30. The third kappa shape index (κ3) is 2.42. The molecule has 1 aromatic rings. The van der Waals surface area contributed by atoms with Gasteiger partial charge < -0.3 is 10.5 Å². The van der Waals surface area contributed by atoms with Crippen LogP contribution in [0.4, 0.5) is 5.82 Å². The number of nitrogen functional groups attached to an aromatic ring is 1. The molecule has 2 heterocycles. The summed E-state index contributed by atoms with van der Waals surface area (Å²) in [5.41, 5.74) is 5.27. The molecule has 17 heavy (non-hydrogen) atoms. The average Bonchev–Trinajstić information content (AvgIpc) is 2.32. The van der Waals surface area contributed by atoms with Gasteiger partial charge in [0, 0.05) is 12.8 Å². The largest absolute Gasteiger partial charge is 0.383 e. The predicted octanol–water partition coefficient (Wildman–Crippen LogP) is 2.46. The van der Waals surface area contributed by atoms with Crippen molar-refractivity contribution in [2.45, 2.75) is 31.8 Å². The first kappa shape index (κ1) is 12.3. The van der Waals surface area contributed by atoms with Gasteiger partial charge in [0.05, 0.1) is 10.6 Å². The van der Waals surface area contributed by atoms with Crippen LogP contribution in [0.15, 0.2) is 12.3 Å². The van der Waals surface area contributed by atoms with Gasteiger partial charge in [-0.1, -0.05) is 11.6 Å². The van der Waals surface area contributed by atoms with Gasteiger partial charge in [0.2, 0.25) is 0 Å². The second kappa shape index (κ2) is 4.63. The van der Waals surface area contributed by atoms with Crippen LogP contribution in [0.25, 0.3) is 0 Å². The molecule has 0 bridgehead atoms. The minimum atomic E-state index is -0.793. The van der Waals surface area contributed by atoms with Gasteiger partial charge in [-0.05, 0) is 32.3 Å². The minimum Gasteiger partial charge on any atom is -0.383 e. The maximum atomic E-state index is 12.4. The summed E-state index contributed by atoms with van der Waals surface area (Å²) in [5.74, 6) is 0.0690. The topological polar surface area (TPSA) is 65.2 Å². The molecule has 1 saturated heterocycles. The number of nitrogens with two attached hydrogens (primary N) is 1. The monoisotopic (exact) mass is 254 g/mol. The van der Waals surface area contributed by atoms with Crippen molar-refractivity contribution in [3.05, 3.63) is 22.8 Å². The van der Waals surface area contributed by atoms with E-state index in [0.717, 1.165) is 12.8 Å². The van der Waals surface area contributed by atoms with Crippen molar-refractivity contribution in [3.8, 4) is 0 Å². The number of ether oxygens (including phenoxy) is 1. The van der Waals surface area contributed by atoms with E-state index in [-0.39, 0.29) is 11.6 Å². The highest BCUT2D eigenvalue weighted by Gasteiger charge is 2.37. The Hall–Kier alpha value is -1.13. The first-order valence-corrected chi connectivity index (χ1v) is 6.00. The van der Waals surface area contributed by atoms with E-state index in [1.165, 1.54) is 6.20 Å². The van der Waals surface area contributed by atoms with Gasteiger partial charge >= 0.3 is 0 Å². The Kier molecular flexibility index (Phi) is 3.35. The van der Waals surface area contributed by atoms with Crippen molar-refractivity contribution in [1.29, 1.82) is 0 Å². The molecule has 1 fully saturated rings. The molecule has 0 spiro atoms. The lowest BCUT2D eigenvalue weighted by atomic mass is 9.88. The highest BCUT2D eigenvalue weighted by atomic mass is 35.5. The standard InChI is InChI=1S/C12H15ClN2O2/c1-12(4-2-3-5-17-12)10(16)9-6-8(13)7-15-11(9)14/h6-7H,2-5H2,1H3,(H2,14,15). The minimum absolute atomic E-state index is 0.135. The van der Waals surface area contributed by atoms with Gasteiger partial charge in [0.25, 0.3) is 0 Å². The van der Waals surface area contributed by atoms with Crippen molar-refractivity contribution in [2.75, 3.05) is 12.3 Å². The van der Waals surface area contributed by atoms with E-state index < -0.39 is 5.60 Å². The molecule has 1 unspecified atom stereocenters. The second-order valence-corrected chi connectivity index (χ2v) is 4.89. The summed E-state index contributed by atoms with van der Waals surface area (Å²) in [6.45, 7) is 2.41. The third-order valence-corrected chi connectivity index (χ3v) is 3.29. The van der Waals surface area contributed by atoms with Crippen LogP contribution in [-0.2, 0) is 4.74 Å². The molecule has 0 amide bonds. The maximum Gasteiger partial charge on any atom is 0.198 e. The molecule has 0 aromatic carbocycles. The van der Waals surface area contributed by atoms with Crippen molar-refractivity contribution >= 4 is 23.2 Å². The van der Waals surface area contributed by atoms with E-state index in [9.17, 15) is 4.79 Å². The molecule has 2 rings (SSSR count). The zero-order valence-electron chi connectivity index (χ0n) is 9.70. The fourth-order valence-corrected chi connectivity index (χ4v) is 2.19. The van der Waals surface area contributed by atoms with E-state index in [4.69, 9.17) is 22.1 Å². The van der Waals surface area contributed by atoms with E-state index in [1.54, 1.807) is 13.0 Å². The van der Waals surface area contributed by atoms with Gasteiger partial charge in [0.15, 0.2) is 5.78 Å². The molecule has 1 aromatic heterocycles. The Balaban J connectivity index is 2.32. The summed E-state index contributed by atoms with van der Waals surface area (Å²) in [6, 6.07) is 1.55. The molecular formula is C12H15ClN2O2. The lowest BCUT2D eigenvalue weighted by Crippen LogP contribution is -2.41. The molecule has 0 aliphatic carbocycles. The Morgan fingerprint density at radius 2 is 2.35 bits per heavy atom. The number of ketones is 1. The zero-order chi connectivity index (χ0) is 12.5. The number of Topliss-reactive ketones (excluding diaryl/α,β-unsaturated/α-hetero) is 1. The SMILES string of the molecule is CC1(C(=O)c2cc(Cl)cnc2N)CCCCO1. The Morgan fingerprint density at radius 3 is 3.00 bits per heavy atom. The molecule has 1 aliphatic rings. The first-order chi connectivity index (χ1) is 8.03.